The molecule has 2 aromatic carbocycles. The van der Waals surface area contributed by atoms with Crippen molar-refractivity contribution in [3.05, 3.63) is 60.2 Å². The van der Waals surface area contributed by atoms with Gasteiger partial charge in [-0.2, -0.15) is 6.54 Å². The van der Waals surface area contributed by atoms with E-state index in [1.165, 1.54) is 19.3 Å². The van der Waals surface area contributed by atoms with Crippen molar-refractivity contribution in [1.82, 2.24) is 5.32 Å². The fourth-order valence-corrected chi connectivity index (χ4v) is 4.25. The van der Waals surface area contributed by atoms with E-state index in [0.717, 1.165) is 18.0 Å². The minimum atomic E-state index is 0. The molecule has 23 heavy (non-hydrogen) atoms. The van der Waals surface area contributed by atoms with E-state index in [4.69, 9.17) is 0 Å². The molecule has 4 rings (SSSR count). The molecule has 3 unspecified atom stereocenters. The predicted molar refractivity (Wildman–Crippen MR) is 84.6 cm³/mol. The van der Waals surface area contributed by atoms with E-state index in [9.17, 15) is 0 Å². The second-order valence-electron chi connectivity index (χ2n) is 7.21. The van der Waals surface area contributed by atoms with Crippen LogP contribution in [0.15, 0.2) is 6.07 Å². The molecule has 0 radical (unpaired) electrons. The van der Waals surface area contributed by atoms with Gasteiger partial charge in [-0.1, -0.05) is 20.8 Å². The van der Waals surface area contributed by atoms with Gasteiger partial charge in [0, 0.05) is 23.1 Å². The zero-order valence-corrected chi connectivity index (χ0v) is 15.0. The molecule has 2 saturated carbocycles. The van der Waals surface area contributed by atoms with Gasteiger partial charge in [0.1, 0.15) is 0 Å². The first-order chi connectivity index (χ1) is 10.5. The van der Waals surface area contributed by atoms with Crippen LogP contribution in [0.1, 0.15) is 45.6 Å². The van der Waals surface area contributed by atoms with Gasteiger partial charge in [-0.15, -0.1) is 0 Å². The Morgan fingerprint density at radius 1 is 1.09 bits per heavy atom. The monoisotopic (exact) mass is 343 g/mol. The normalized spacial score (nSPS) is 30.4. The van der Waals surface area contributed by atoms with Crippen LogP contribution in [0.5, 0.6) is 0 Å². The zero-order chi connectivity index (χ0) is 15.6. The quantitative estimate of drug-likeness (QED) is 0.664. The molecule has 3 atom stereocenters. The summed E-state index contributed by atoms with van der Waals surface area (Å²) in [5.41, 5.74) is 2.01. The molecule has 0 saturated heterocycles. The van der Waals surface area contributed by atoms with Crippen LogP contribution in [0, 0.1) is 65.3 Å². The maximum atomic E-state index is 3.71. The number of hydrogen-bond donors (Lipinski definition) is 1. The molecule has 0 aromatic heterocycles. The average molecular weight is 343 g/mol. The van der Waals surface area contributed by atoms with Gasteiger partial charge in [0.25, 0.3) is 0 Å². The summed E-state index contributed by atoms with van der Waals surface area (Å²) in [4.78, 5) is 0. The van der Waals surface area contributed by atoms with Crippen LogP contribution in [0.25, 0.3) is 0 Å². The van der Waals surface area contributed by atoms with E-state index in [-0.39, 0.29) is 17.1 Å². The first kappa shape index (κ1) is 18.5. The van der Waals surface area contributed by atoms with Gasteiger partial charge in [-0.3, -0.25) is 0 Å². The number of hydrogen-bond acceptors (Lipinski definition) is 1. The standard InChI is InChI=1S/C16H20N.C5H.Fe/c1-15(2)13-8-9-16(15,3)14(10-13)17-11-12-6-4-5-7-12;1-2-4-5-3-1;/h13-14,17H,8-11H2,1-3H3;1H;/q2*-5;. The molecule has 0 aliphatic heterocycles. The summed E-state index contributed by atoms with van der Waals surface area (Å²) in [7, 11) is 0. The van der Waals surface area contributed by atoms with Crippen LogP contribution in [0.4, 0.5) is 0 Å². The van der Waals surface area contributed by atoms with E-state index < -0.39 is 0 Å². The van der Waals surface area contributed by atoms with Crippen molar-refractivity contribution in [3.63, 3.8) is 0 Å². The minimum Gasteiger partial charge on any atom is -0.999 e. The van der Waals surface area contributed by atoms with Crippen LogP contribution < -0.4 is 5.32 Å². The second-order valence-corrected chi connectivity index (χ2v) is 7.21. The van der Waals surface area contributed by atoms with Crippen LogP contribution >= 0.6 is 0 Å². The zero-order valence-electron chi connectivity index (χ0n) is 13.9. The third kappa shape index (κ3) is 3.50. The van der Waals surface area contributed by atoms with Gasteiger partial charge in [-0.05, 0) is 36.0 Å². The fraction of sp³-hybridized carbons (Fsp3) is 0.524. The van der Waals surface area contributed by atoms with Crippen molar-refractivity contribution in [1.29, 1.82) is 0 Å². The first-order valence-electron chi connectivity index (χ1n) is 7.98. The molecule has 2 bridgehead atoms. The largest absolute Gasteiger partial charge is 0.999 e. The molecule has 2 fully saturated rings. The number of fused-ring (bicyclic) bond motifs is 2. The molecule has 2 aliphatic carbocycles. The molecule has 0 amide bonds. The Morgan fingerprint density at radius 3 is 2.17 bits per heavy atom. The van der Waals surface area contributed by atoms with Gasteiger partial charge >= 0.3 is 0 Å². The summed E-state index contributed by atoms with van der Waals surface area (Å²) in [5, 5.41) is 3.71. The first-order valence-corrected chi connectivity index (χ1v) is 7.98. The van der Waals surface area contributed by atoms with Crippen LogP contribution in [-0.4, -0.2) is 6.04 Å². The Bertz CT molecular complexity index is 537. The van der Waals surface area contributed by atoms with Crippen LogP contribution in [0.3, 0.4) is 0 Å². The number of rotatable bonds is 3. The molecule has 0 spiro atoms. The summed E-state index contributed by atoms with van der Waals surface area (Å²) in [6.07, 6.45) is 4.12. The second kappa shape index (κ2) is 7.38. The summed E-state index contributed by atoms with van der Waals surface area (Å²) in [6, 6.07) is 24.4. The molecule has 2 aliphatic rings. The summed E-state index contributed by atoms with van der Waals surface area (Å²) < 4.78 is 0. The molecule has 1 nitrogen and oxygen atoms in total. The van der Waals surface area contributed by atoms with E-state index in [1.807, 2.05) is 0 Å². The summed E-state index contributed by atoms with van der Waals surface area (Å²) in [6.45, 7) is 8.24. The van der Waals surface area contributed by atoms with Gasteiger partial charge in [0.2, 0.25) is 0 Å². The van der Waals surface area contributed by atoms with Gasteiger partial charge in [0.15, 0.2) is 0 Å². The van der Waals surface area contributed by atoms with Gasteiger partial charge in [-0.25, -0.2) is 0 Å². The Morgan fingerprint density at radius 2 is 1.74 bits per heavy atom. The third-order valence-electron chi connectivity index (χ3n) is 6.16. The Labute approximate surface area is 152 Å². The predicted octanol–water partition coefficient (Wildman–Crippen LogP) is 3.51. The Kier molecular flexibility index (Phi) is 5.94. The van der Waals surface area contributed by atoms with Crippen molar-refractivity contribution in [3.8, 4) is 0 Å². The molecule has 2 aromatic rings. The van der Waals surface area contributed by atoms with Gasteiger partial charge < -0.3 is 65.5 Å². The van der Waals surface area contributed by atoms with Crippen LogP contribution in [-0.2, 0) is 23.6 Å². The van der Waals surface area contributed by atoms with Crippen LogP contribution in [0.2, 0.25) is 0 Å². The topological polar surface area (TPSA) is 12.0 Å². The smallest absolute Gasteiger partial charge is 0.0103 e. The molecule has 0 heterocycles. The summed E-state index contributed by atoms with van der Waals surface area (Å²) in [5.74, 6) is 0.899. The molecular weight excluding hydrogens is 322 g/mol. The third-order valence-corrected chi connectivity index (χ3v) is 6.16. The van der Waals surface area contributed by atoms with Crippen molar-refractivity contribution in [2.45, 2.75) is 52.6 Å². The van der Waals surface area contributed by atoms with Crippen molar-refractivity contribution in [2.75, 3.05) is 0 Å². The maximum absolute atomic E-state index is 3.71. The summed E-state index contributed by atoms with van der Waals surface area (Å²) >= 11 is 0. The molecule has 2 heteroatoms. The molecule has 1 N–H and O–H groups in total. The molecular formula is C21H21FeN-10. The van der Waals surface area contributed by atoms with Crippen molar-refractivity contribution in [2.24, 2.45) is 16.7 Å². The Balaban J connectivity index is 0.000000276. The number of nitrogens with one attached hydrogen (secondary N) is 1. The SMILES string of the molecule is CC1(C)C2CCC1(C)C(NC[c-]1[c-][c-][c-][c-]1)C2.[Fe].[c-]1[c-][c-][cH-][c-]1. The van der Waals surface area contributed by atoms with Crippen molar-refractivity contribution < 1.29 is 17.1 Å². The fourth-order valence-electron chi connectivity index (χ4n) is 4.25. The minimum absolute atomic E-state index is 0. The van der Waals surface area contributed by atoms with E-state index in [1.54, 1.807) is 6.07 Å². The maximum Gasteiger partial charge on any atom is 0.0103 e. The van der Waals surface area contributed by atoms with E-state index in [2.05, 4.69) is 74.6 Å². The molecule has 128 valence electrons. The van der Waals surface area contributed by atoms with E-state index in [0.29, 0.717) is 16.9 Å². The Hall–Kier alpha value is -0.821. The van der Waals surface area contributed by atoms with Gasteiger partial charge in [0.05, 0.1) is 0 Å². The average Bonchev–Trinajstić information content (AvgIpc) is 3.26. The van der Waals surface area contributed by atoms with Crippen molar-refractivity contribution >= 4 is 0 Å². The van der Waals surface area contributed by atoms with E-state index >= 15 is 0 Å².